The molecule has 1 unspecified atom stereocenters. The fraction of sp³-hybridized carbons (Fsp3) is 0.923. The lowest BCUT2D eigenvalue weighted by Crippen LogP contribution is -2.52. The highest BCUT2D eigenvalue weighted by atomic mass is 32.2. The standard InChI is InChI=1S/C13H27NO2S/c1-6-17-10-8-7-9-13(4,12(15)16-5)14-11(2)3/h11,14H,6-10H2,1-5H3. The Kier molecular flexibility index (Phi) is 8.70. The van der Waals surface area contributed by atoms with Crippen molar-refractivity contribution in [1.82, 2.24) is 5.32 Å². The fourth-order valence-electron chi connectivity index (χ4n) is 1.92. The van der Waals surface area contributed by atoms with Crippen molar-refractivity contribution in [3.8, 4) is 0 Å². The molecule has 4 heteroatoms. The molecule has 0 saturated heterocycles. The van der Waals surface area contributed by atoms with Gasteiger partial charge in [-0.1, -0.05) is 13.3 Å². The first-order chi connectivity index (χ1) is 7.96. The summed E-state index contributed by atoms with van der Waals surface area (Å²) in [5, 5.41) is 3.32. The van der Waals surface area contributed by atoms with E-state index in [0.717, 1.165) is 19.3 Å². The zero-order valence-electron chi connectivity index (χ0n) is 11.8. The molecule has 1 atom stereocenters. The van der Waals surface area contributed by atoms with Crippen LogP contribution in [0.4, 0.5) is 0 Å². The summed E-state index contributed by atoms with van der Waals surface area (Å²) < 4.78 is 4.89. The van der Waals surface area contributed by atoms with Gasteiger partial charge in [0.05, 0.1) is 7.11 Å². The third kappa shape index (κ3) is 6.94. The number of ether oxygens (including phenoxy) is 1. The van der Waals surface area contributed by atoms with E-state index in [1.165, 1.54) is 18.6 Å². The van der Waals surface area contributed by atoms with Gasteiger partial charge in [0.25, 0.3) is 0 Å². The van der Waals surface area contributed by atoms with Gasteiger partial charge >= 0.3 is 5.97 Å². The Balaban J connectivity index is 4.15. The van der Waals surface area contributed by atoms with Crippen LogP contribution in [0.25, 0.3) is 0 Å². The predicted octanol–water partition coefficient (Wildman–Crippen LogP) is 2.84. The number of carbonyl (C=O) groups excluding carboxylic acids is 1. The average Bonchev–Trinajstić information content (AvgIpc) is 2.26. The lowest BCUT2D eigenvalue weighted by molar-refractivity contribution is -0.148. The van der Waals surface area contributed by atoms with E-state index in [1.54, 1.807) is 0 Å². The molecule has 3 nitrogen and oxygen atoms in total. The molecule has 0 radical (unpaired) electrons. The zero-order valence-corrected chi connectivity index (χ0v) is 12.7. The molecule has 0 bridgehead atoms. The van der Waals surface area contributed by atoms with Gasteiger partial charge in [-0.25, -0.2) is 0 Å². The minimum absolute atomic E-state index is 0.158. The van der Waals surface area contributed by atoms with Gasteiger partial charge in [-0.2, -0.15) is 11.8 Å². The van der Waals surface area contributed by atoms with Crippen molar-refractivity contribution in [3.63, 3.8) is 0 Å². The number of thioether (sulfide) groups is 1. The second-order valence-electron chi connectivity index (χ2n) is 4.78. The predicted molar refractivity (Wildman–Crippen MR) is 75.5 cm³/mol. The first-order valence-corrected chi connectivity index (χ1v) is 7.55. The molecule has 1 N–H and O–H groups in total. The second kappa shape index (κ2) is 8.81. The minimum atomic E-state index is -0.542. The van der Waals surface area contributed by atoms with Crippen molar-refractivity contribution in [2.75, 3.05) is 18.6 Å². The fourth-order valence-corrected chi connectivity index (χ4v) is 2.62. The molecule has 17 heavy (non-hydrogen) atoms. The highest BCUT2D eigenvalue weighted by molar-refractivity contribution is 7.99. The molecule has 0 aliphatic rings. The van der Waals surface area contributed by atoms with Crippen LogP contribution in [0.3, 0.4) is 0 Å². The number of esters is 1. The molecule has 0 fully saturated rings. The molecule has 0 aliphatic heterocycles. The van der Waals surface area contributed by atoms with E-state index < -0.39 is 5.54 Å². The van der Waals surface area contributed by atoms with Crippen molar-refractivity contribution < 1.29 is 9.53 Å². The number of rotatable bonds is 9. The first kappa shape index (κ1) is 16.8. The topological polar surface area (TPSA) is 38.3 Å². The van der Waals surface area contributed by atoms with Crippen LogP contribution in [0.2, 0.25) is 0 Å². The maximum atomic E-state index is 11.8. The Labute approximate surface area is 110 Å². The van der Waals surface area contributed by atoms with E-state index in [2.05, 4.69) is 12.2 Å². The van der Waals surface area contributed by atoms with Crippen LogP contribution in [-0.2, 0) is 9.53 Å². The summed E-state index contributed by atoms with van der Waals surface area (Å²) in [5.41, 5.74) is -0.542. The summed E-state index contributed by atoms with van der Waals surface area (Å²) in [7, 11) is 1.45. The minimum Gasteiger partial charge on any atom is -0.468 e. The van der Waals surface area contributed by atoms with Gasteiger partial charge in [-0.05, 0) is 45.1 Å². The van der Waals surface area contributed by atoms with Gasteiger partial charge in [0, 0.05) is 6.04 Å². The lowest BCUT2D eigenvalue weighted by Gasteiger charge is -2.30. The molecule has 102 valence electrons. The summed E-state index contributed by atoms with van der Waals surface area (Å²) in [6.07, 6.45) is 3.05. The summed E-state index contributed by atoms with van der Waals surface area (Å²) in [5.74, 6) is 2.18. The quantitative estimate of drug-likeness (QED) is 0.511. The molecular weight excluding hydrogens is 234 g/mol. The average molecular weight is 261 g/mol. The Bertz CT molecular complexity index is 221. The van der Waals surface area contributed by atoms with E-state index in [9.17, 15) is 4.79 Å². The number of methoxy groups -OCH3 is 1. The molecule has 0 aromatic rings. The highest BCUT2D eigenvalue weighted by Gasteiger charge is 2.33. The van der Waals surface area contributed by atoms with Crippen molar-refractivity contribution in [2.45, 2.75) is 58.5 Å². The van der Waals surface area contributed by atoms with E-state index in [-0.39, 0.29) is 12.0 Å². The van der Waals surface area contributed by atoms with Crippen molar-refractivity contribution in [2.24, 2.45) is 0 Å². The number of hydrogen-bond acceptors (Lipinski definition) is 4. The maximum Gasteiger partial charge on any atom is 0.325 e. The van der Waals surface area contributed by atoms with Crippen LogP contribution < -0.4 is 5.32 Å². The third-order valence-electron chi connectivity index (χ3n) is 2.66. The number of nitrogens with one attached hydrogen (secondary N) is 1. The van der Waals surface area contributed by atoms with Crippen LogP contribution in [0.1, 0.15) is 47.0 Å². The van der Waals surface area contributed by atoms with Gasteiger partial charge in [-0.3, -0.25) is 10.1 Å². The van der Waals surface area contributed by atoms with Crippen LogP contribution in [0.5, 0.6) is 0 Å². The van der Waals surface area contributed by atoms with Crippen molar-refractivity contribution in [1.29, 1.82) is 0 Å². The van der Waals surface area contributed by atoms with Crippen LogP contribution >= 0.6 is 11.8 Å². The second-order valence-corrected chi connectivity index (χ2v) is 6.17. The molecule has 0 aliphatic carbocycles. The van der Waals surface area contributed by atoms with Gasteiger partial charge < -0.3 is 4.74 Å². The van der Waals surface area contributed by atoms with Gasteiger partial charge in [0.1, 0.15) is 5.54 Å². The smallest absolute Gasteiger partial charge is 0.325 e. The van der Waals surface area contributed by atoms with E-state index in [4.69, 9.17) is 4.74 Å². The number of unbranched alkanes of at least 4 members (excludes halogenated alkanes) is 1. The highest BCUT2D eigenvalue weighted by Crippen LogP contribution is 2.18. The number of hydrogen-bond donors (Lipinski definition) is 1. The lowest BCUT2D eigenvalue weighted by atomic mass is 9.94. The zero-order chi connectivity index (χ0) is 13.3. The van der Waals surface area contributed by atoms with E-state index in [0.29, 0.717) is 0 Å². The van der Waals surface area contributed by atoms with Crippen molar-refractivity contribution >= 4 is 17.7 Å². The molecule has 0 amide bonds. The van der Waals surface area contributed by atoms with E-state index >= 15 is 0 Å². The Morgan fingerprint density at radius 1 is 1.41 bits per heavy atom. The van der Waals surface area contributed by atoms with E-state index in [1.807, 2.05) is 32.5 Å². The first-order valence-electron chi connectivity index (χ1n) is 6.40. The molecule has 0 rings (SSSR count). The summed E-state index contributed by atoms with van der Waals surface area (Å²) >= 11 is 1.95. The third-order valence-corrected chi connectivity index (χ3v) is 3.65. The summed E-state index contributed by atoms with van der Waals surface area (Å²) in [6, 6.07) is 0.282. The van der Waals surface area contributed by atoms with Crippen molar-refractivity contribution in [3.05, 3.63) is 0 Å². The van der Waals surface area contributed by atoms with Crippen LogP contribution in [-0.4, -0.2) is 36.2 Å². The van der Waals surface area contributed by atoms with Gasteiger partial charge in [0.2, 0.25) is 0 Å². The molecule has 0 saturated carbocycles. The largest absolute Gasteiger partial charge is 0.468 e. The Morgan fingerprint density at radius 2 is 2.06 bits per heavy atom. The molecule has 0 heterocycles. The normalized spacial score (nSPS) is 14.7. The Hall–Kier alpha value is -0.220. The molecule has 0 aromatic carbocycles. The number of carbonyl (C=O) groups is 1. The molecule has 0 aromatic heterocycles. The summed E-state index contributed by atoms with van der Waals surface area (Å²) in [6.45, 7) is 8.21. The Morgan fingerprint density at radius 3 is 2.53 bits per heavy atom. The SMILES string of the molecule is CCSCCCCC(C)(NC(C)C)C(=O)OC. The molecule has 0 spiro atoms. The summed E-state index contributed by atoms with van der Waals surface area (Å²) in [4.78, 5) is 11.8. The van der Waals surface area contributed by atoms with Crippen LogP contribution in [0, 0.1) is 0 Å². The van der Waals surface area contributed by atoms with Gasteiger partial charge in [0.15, 0.2) is 0 Å². The van der Waals surface area contributed by atoms with Gasteiger partial charge in [-0.15, -0.1) is 0 Å². The molecular formula is C13H27NO2S. The monoisotopic (exact) mass is 261 g/mol. The van der Waals surface area contributed by atoms with Crippen LogP contribution in [0.15, 0.2) is 0 Å². The maximum absolute atomic E-state index is 11.8.